The first-order valence-electron chi connectivity index (χ1n) is 15.5. The van der Waals surface area contributed by atoms with E-state index >= 15 is 0 Å². The molecule has 1 N–H and O–H groups in total. The number of esters is 1. The smallest absolute Gasteiger partial charge is 0.338 e. The third kappa shape index (κ3) is 10.1. The van der Waals surface area contributed by atoms with Crippen LogP contribution in [-0.4, -0.2) is 51.3 Å². The molecule has 0 aliphatic heterocycles. The largest absolute Gasteiger partial charge is 0.456 e. The molecular formula is C37H49N3O4. The lowest BCUT2D eigenvalue weighted by Crippen LogP contribution is -2.37. The van der Waals surface area contributed by atoms with E-state index in [-0.39, 0.29) is 23.9 Å². The molecule has 0 radical (unpaired) electrons. The van der Waals surface area contributed by atoms with E-state index in [0.717, 1.165) is 16.7 Å². The topological polar surface area (TPSA) is 79.0 Å². The first-order chi connectivity index (χ1) is 20.6. The third-order valence-corrected chi connectivity index (χ3v) is 7.10. The van der Waals surface area contributed by atoms with Crippen LogP contribution < -0.4 is 5.32 Å². The van der Waals surface area contributed by atoms with E-state index in [1.54, 1.807) is 17.0 Å². The van der Waals surface area contributed by atoms with Gasteiger partial charge in [0.25, 0.3) is 11.8 Å². The van der Waals surface area contributed by atoms with Gasteiger partial charge >= 0.3 is 5.97 Å². The summed E-state index contributed by atoms with van der Waals surface area (Å²) >= 11 is 0. The summed E-state index contributed by atoms with van der Waals surface area (Å²) in [6.45, 7) is 19.1. The Morgan fingerprint density at radius 2 is 1.07 bits per heavy atom. The Hall–Kier alpha value is -3.97. The molecule has 0 aliphatic rings. The standard InChI is InChI=1S/C37H49N3O4/c1-25(2)38-22-28-13-10-16-31(19-28)34(41)39(26(3)4)23-29-14-11-17-32(20-29)35(42)40(27(5)6)24-30-15-12-18-33(21-30)36(43)44-37(7,8)9/h10-21,25-27,38H,22-24H2,1-9H3. The number of nitrogens with one attached hydrogen (secondary N) is 1. The van der Waals surface area contributed by atoms with Gasteiger partial charge in [-0.05, 0) is 102 Å². The van der Waals surface area contributed by atoms with E-state index in [2.05, 4.69) is 19.2 Å². The number of hydrogen-bond donors (Lipinski definition) is 1. The highest BCUT2D eigenvalue weighted by molar-refractivity contribution is 5.96. The third-order valence-electron chi connectivity index (χ3n) is 7.10. The molecule has 7 nitrogen and oxygen atoms in total. The first kappa shape index (κ1) is 34.5. The summed E-state index contributed by atoms with van der Waals surface area (Å²) in [6, 6.07) is 22.7. The molecule has 0 atom stereocenters. The highest BCUT2D eigenvalue weighted by atomic mass is 16.6. The first-order valence-corrected chi connectivity index (χ1v) is 15.5. The number of carbonyl (C=O) groups is 3. The minimum absolute atomic E-state index is 0.0382. The lowest BCUT2D eigenvalue weighted by atomic mass is 10.0. The van der Waals surface area contributed by atoms with Crippen LogP contribution in [0.3, 0.4) is 0 Å². The Balaban J connectivity index is 1.79. The maximum Gasteiger partial charge on any atom is 0.338 e. The van der Waals surface area contributed by atoms with E-state index in [4.69, 9.17) is 4.74 Å². The number of hydrogen-bond acceptors (Lipinski definition) is 5. The monoisotopic (exact) mass is 599 g/mol. The maximum absolute atomic E-state index is 13.8. The van der Waals surface area contributed by atoms with Crippen molar-refractivity contribution in [1.29, 1.82) is 0 Å². The number of ether oxygens (including phenoxy) is 1. The predicted octanol–water partition coefficient (Wildman–Crippen LogP) is 7.24. The average molecular weight is 600 g/mol. The van der Waals surface area contributed by atoms with Crippen molar-refractivity contribution in [3.05, 3.63) is 106 Å². The van der Waals surface area contributed by atoms with Gasteiger partial charge in [0, 0.05) is 48.9 Å². The molecule has 236 valence electrons. The summed E-state index contributed by atoms with van der Waals surface area (Å²) in [7, 11) is 0. The average Bonchev–Trinajstić information content (AvgIpc) is 2.96. The molecule has 2 amide bonds. The number of carbonyl (C=O) groups excluding carboxylic acids is 3. The molecule has 0 aromatic heterocycles. The Kier molecular flexibility index (Phi) is 11.9. The second kappa shape index (κ2) is 15.2. The molecular weight excluding hydrogens is 550 g/mol. The number of rotatable bonds is 12. The zero-order chi connectivity index (χ0) is 32.6. The minimum Gasteiger partial charge on any atom is -0.456 e. The van der Waals surface area contributed by atoms with Crippen LogP contribution in [0.5, 0.6) is 0 Å². The maximum atomic E-state index is 13.8. The molecule has 0 bridgehead atoms. The summed E-state index contributed by atoms with van der Waals surface area (Å²) in [4.78, 5) is 43.7. The van der Waals surface area contributed by atoms with Crippen molar-refractivity contribution in [2.75, 3.05) is 0 Å². The van der Waals surface area contributed by atoms with Crippen molar-refractivity contribution >= 4 is 17.8 Å². The summed E-state index contributed by atoms with van der Waals surface area (Å²) in [5.41, 5.74) is 3.84. The van der Waals surface area contributed by atoms with Gasteiger partial charge in [0.15, 0.2) is 0 Å². The quantitative estimate of drug-likeness (QED) is 0.222. The van der Waals surface area contributed by atoms with Crippen LogP contribution in [0.1, 0.15) is 110 Å². The van der Waals surface area contributed by atoms with Crippen LogP contribution in [0.15, 0.2) is 72.8 Å². The Labute approximate surface area is 263 Å². The normalized spacial score (nSPS) is 11.6. The SMILES string of the molecule is CC(C)NCc1cccc(C(=O)N(Cc2cccc(C(=O)N(Cc3cccc(C(=O)OC(C)(C)C)c3)C(C)C)c2)C(C)C)c1. The Morgan fingerprint density at radius 1 is 0.659 bits per heavy atom. The molecule has 44 heavy (non-hydrogen) atoms. The minimum atomic E-state index is -0.594. The molecule has 3 rings (SSSR count). The molecule has 0 fully saturated rings. The molecule has 0 aliphatic carbocycles. The van der Waals surface area contributed by atoms with E-state index < -0.39 is 11.6 Å². The summed E-state index contributed by atoms with van der Waals surface area (Å²) in [5.74, 6) is -0.549. The molecule has 0 saturated heterocycles. The van der Waals surface area contributed by atoms with Crippen LogP contribution in [0.2, 0.25) is 0 Å². The van der Waals surface area contributed by atoms with Crippen molar-refractivity contribution in [1.82, 2.24) is 15.1 Å². The Morgan fingerprint density at radius 3 is 1.50 bits per heavy atom. The highest BCUT2D eigenvalue weighted by Crippen LogP contribution is 2.20. The van der Waals surface area contributed by atoms with Gasteiger partial charge in [0.1, 0.15) is 5.60 Å². The number of nitrogens with zero attached hydrogens (tertiary/aromatic N) is 2. The van der Waals surface area contributed by atoms with Gasteiger partial charge in [-0.1, -0.05) is 50.2 Å². The van der Waals surface area contributed by atoms with E-state index in [1.165, 1.54) is 0 Å². The number of benzene rings is 3. The lowest BCUT2D eigenvalue weighted by Gasteiger charge is -2.29. The van der Waals surface area contributed by atoms with Crippen LogP contribution in [0, 0.1) is 0 Å². The fraction of sp³-hybridized carbons (Fsp3) is 0.432. The van der Waals surface area contributed by atoms with Crippen molar-refractivity contribution < 1.29 is 19.1 Å². The molecule has 3 aromatic rings. The predicted molar refractivity (Wildman–Crippen MR) is 176 cm³/mol. The molecule has 0 unspecified atom stereocenters. The molecule has 7 heteroatoms. The van der Waals surface area contributed by atoms with Gasteiger partial charge in [0.2, 0.25) is 0 Å². The van der Waals surface area contributed by atoms with Crippen molar-refractivity contribution in [3.63, 3.8) is 0 Å². The zero-order valence-electron chi connectivity index (χ0n) is 27.8. The van der Waals surface area contributed by atoms with Gasteiger partial charge in [0.05, 0.1) is 5.56 Å². The summed E-state index contributed by atoms with van der Waals surface area (Å²) < 4.78 is 5.53. The van der Waals surface area contributed by atoms with Gasteiger partial charge in [-0.3, -0.25) is 9.59 Å². The van der Waals surface area contributed by atoms with E-state index in [9.17, 15) is 14.4 Å². The molecule has 0 spiro atoms. The Bertz CT molecular complexity index is 1440. The lowest BCUT2D eigenvalue weighted by molar-refractivity contribution is 0.00691. The highest BCUT2D eigenvalue weighted by Gasteiger charge is 2.23. The fourth-order valence-corrected chi connectivity index (χ4v) is 4.78. The van der Waals surface area contributed by atoms with Crippen LogP contribution >= 0.6 is 0 Å². The summed E-state index contributed by atoms with van der Waals surface area (Å²) in [5, 5.41) is 3.40. The van der Waals surface area contributed by atoms with Crippen molar-refractivity contribution in [2.45, 2.75) is 106 Å². The van der Waals surface area contributed by atoms with Gasteiger partial charge < -0.3 is 19.9 Å². The molecule has 0 heterocycles. The van der Waals surface area contributed by atoms with Crippen molar-refractivity contribution in [3.8, 4) is 0 Å². The van der Waals surface area contributed by atoms with E-state index in [1.807, 2.05) is 114 Å². The fourth-order valence-electron chi connectivity index (χ4n) is 4.78. The second-order valence-electron chi connectivity index (χ2n) is 13.2. The van der Waals surface area contributed by atoms with Gasteiger partial charge in [-0.15, -0.1) is 0 Å². The van der Waals surface area contributed by atoms with Gasteiger partial charge in [-0.2, -0.15) is 0 Å². The van der Waals surface area contributed by atoms with Gasteiger partial charge in [-0.25, -0.2) is 4.79 Å². The van der Waals surface area contributed by atoms with Crippen LogP contribution in [-0.2, 0) is 24.4 Å². The zero-order valence-corrected chi connectivity index (χ0v) is 27.8. The molecule has 0 saturated carbocycles. The van der Waals surface area contributed by atoms with E-state index in [0.29, 0.717) is 42.4 Å². The van der Waals surface area contributed by atoms with Crippen LogP contribution in [0.25, 0.3) is 0 Å². The van der Waals surface area contributed by atoms with Crippen molar-refractivity contribution in [2.24, 2.45) is 0 Å². The number of amides is 2. The molecule has 3 aromatic carbocycles. The van der Waals surface area contributed by atoms with Crippen LogP contribution in [0.4, 0.5) is 0 Å². The second-order valence-corrected chi connectivity index (χ2v) is 13.2. The summed E-state index contributed by atoms with van der Waals surface area (Å²) in [6.07, 6.45) is 0.